The third-order valence-electron chi connectivity index (χ3n) is 5.28. The highest BCUT2D eigenvalue weighted by molar-refractivity contribution is 7.80. The molecule has 0 bridgehead atoms. The highest BCUT2D eigenvalue weighted by atomic mass is 35.5. The number of rotatable bonds is 5. The van der Waals surface area contributed by atoms with Crippen molar-refractivity contribution in [3.05, 3.63) is 75.2 Å². The maximum Gasteiger partial charge on any atom is 0.226 e. The Morgan fingerprint density at radius 3 is 2.71 bits per heavy atom. The number of benzene rings is 1. The second-order valence-electron chi connectivity index (χ2n) is 7.77. The molecule has 8 heteroatoms. The lowest BCUT2D eigenvalue weighted by Crippen LogP contribution is -2.29. The minimum absolute atomic E-state index is 0.0606. The number of aryl methyl sites for hydroxylation is 1. The van der Waals surface area contributed by atoms with Crippen LogP contribution in [0.15, 0.2) is 54.0 Å². The molecule has 160 valence electrons. The first-order valence-corrected chi connectivity index (χ1v) is 11.7. The summed E-state index contributed by atoms with van der Waals surface area (Å²) in [4.78, 5) is 20.0. The smallest absolute Gasteiger partial charge is 0.226 e. The first kappa shape index (κ1) is 21.7. The molecule has 2 aromatic heterocycles. The first-order valence-electron chi connectivity index (χ1n) is 10.0. The van der Waals surface area contributed by atoms with Gasteiger partial charge in [0.05, 0.1) is 28.5 Å². The van der Waals surface area contributed by atoms with E-state index < -0.39 is 0 Å². The molecular weight excluding hydrogens is 448 g/mol. The summed E-state index contributed by atoms with van der Waals surface area (Å²) in [5, 5.41) is 9.51. The molecular formula is C23H23ClN4OS2. The summed E-state index contributed by atoms with van der Waals surface area (Å²) in [5.41, 5.74) is 3.59. The average molecular weight is 471 g/mol. The summed E-state index contributed by atoms with van der Waals surface area (Å²) in [6, 6.07) is 13.5. The van der Waals surface area contributed by atoms with Gasteiger partial charge in [0.15, 0.2) is 5.11 Å². The van der Waals surface area contributed by atoms with Crippen molar-refractivity contribution in [3.63, 3.8) is 0 Å². The van der Waals surface area contributed by atoms with E-state index in [1.54, 1.807) is 17.5 Å². The van der Waals surface area contributed by atoms with E-state index in [4.69, 9.17) is 23.8 Å². The Labute approximate surface area is 196 Å². The van der Waals surface area contributed by atoms with E-state index in [2.05, 4.69) is 38.9 Å². The maximum absolute atomic E-state index is 12.1. The number of thiophene rings is 1. The van der Waals surface area contributed by atoms with Crippen molar-refractivity contribution >= 4 is 57.5 Å². The number of aromatic nitrogens is 1. The second-order valence-corrected chi connectivity index (χ2v) is 9.51. The van der Waals surface area contributed by atoms with Crippen LogP contribution in [0.4, 0.5) is 11.4 Å². The molecule has 1 aromatic carbocycles. The average Bonchev–Trinajstić information content (AvgIpc) is 3.32. The van der Waals surface area contributed by atoms with Crippen LogP contribution in [0.5, 0.6) is 0 Å². The fourth-order valence-electron chi connectivity index (χ4n) is 3.62. The van der Waals surface area contributed by atoms with E-state index in [0.717, 1.165) is 11.4 Å². The molecule has 3 aromatic rings. The molecule has 1 amide bonds. The van der Waals surface area contributed by atoms with E-state index in [-0.39, 0.29) is 23.9 Å². The number of thiocarbonyl (C=S) groups is 1. The molecule has 2 atom stereocenters. The van der Waals surface area contributed by atoms with Gasteiger partial charge in [0.2, 0.25) is 5.91 Å². The van der Waals surface area contributed by atoms with Crippen molar-refractivity contribution in [1.29, 1.82) is 0 Å². The number of nitrogens with zero attached hydrogens (tertiary/aromatic N) is 2. The van der Waals surface area contributed by atoms with Crippen molar-refractivity contribution in [2.75, 3.05) is 10.2 Å². The van der Waals surface area contributed by atoms with E-state index in [0.29, 0.717) is 15.8 Å². The lowest BCUT2D eigenvalue weighted by Gasteiger charge is -2.28. The van der Waals surface area contributed by atoms with Gasteiger partial charge in [-0.05, 0) is 66.5 Å². The van der Waals surface area contributed by atoms with Gasteiger partial charge in [-0.25, -0.2) is 0 Å². The third kappa shape index (κ3) is 4.31. The topological polar surface area (TPSA) is 57.3 Å². The van der Waals surface area contributed by atoms with Crippen LogP contribution in [0, 0.1) is 12.8 Å². The summed E-state index contributed by atoms with van der Waals surface area (Å²) in [6.07, 6.45) is 1.80. The highest BCUT2D eigenvalue weighted by Gasteiger charge is 2.42. The second kappa shape index (κ2) is 8.94. The number of anilines is 2. The molecule has 2 N–H and O–H groups in total. The van der Waals surface area contributed by atoms with Crippen molar-refractivity contribution in [2.24, 2.45) is 5.92 Å². The number of carbonyl (C=O) groups excluding carboxylic acids is 1. The van der Waals surface area contributed by atoms with E-state index in [1.807, 2.05) is 50.2 Å². The molecule has 0 aliphatic carbocycles. The molecule has 4 rings (SSSR count). The summed E-state index contributed by atoms with van der Waals surface area (Å²) >= 11 is 14.0. The largest absolute Gasteiger partial charge is 0.351 e. The van der Waals surface area contributed by atoms with Gasteiger partial charge >= 0.3 is 0 Å². The summed E-state index contributed by atoms with van der Waals surface area (Å²) in [6.45, 7) is 5.80. The van der Waals surface area contributed by atoms with Crippen LogP contribution in [0.25, 0.3) is 0 Å². The monoisotopic (exact) mass is 470 g/mol. The quantitative estimate of drug-likeness (QED) is 0.456. The Morgan fingerprint density at radius 1 is 1.29 bits per heavy atom. The fraction of sp³-hybridized carbons (Fsp3) is 0.261. The van der Waals surface area contributed by atoms with Crippen molar-refractivity contribution < 1.29 is 4.79 Å². The Morgan fingerprint density at radius 2 is 2.10 bits per heavy atom. The predicted molar refractivity (Wildman–Crippen MR) is 132 cm³/mol. The SMILES string of the molecule is Cc1ccsc1[C@@H]1[C@H](c2ccccn2)NC(=S)N1c1ccc(NC(=O)C(C)C)c(Cl)c1. The van der Waals surface area contributed by atoms with Crippen LogP contribution in [0.3, 0.4) is 0 Å². The Bertz CT molecular complexity index is 1120. The Kier molecular flexibility index (Phi) is 6.27. The molecule has 1 saturated heterocycles. The van der Waals surface area contributed by atoms with Gasteiger partial charge in [-0.15, -0.1) is 11.3 Å². The minimum Gasteiger partial charge on any atom is -0.351 e. The lowest BCUT2D eigenvalue weighted by molar-refractivity contribution is -0.118. The number of hydrogen-bond donors (Lipinski definition) is 2. The zero-order valence-corrected chi connectivity index (χ0v) is 19.8. The number of hydrogen-bond acceptors (Lipinski definition) is 4. The molecule has 1 fully saturated rings. The molecule has 31 heavy (non-hydrogen) atoms. The van der Waals surface area contributed by atoms with Crippen molar-refractivity contribution in [2.45, 2.75) is 32.9 Å². The zero-order valence-electron chi connectivity index (χ0n) is 17.4. The highest BCUT2D eigenvalue weighted by Crippen LogP contribution is 2.45. The van der Waals surface area contributed by atoms with E-state index >= 15 is 0 Å². The summed E-state index contributed by atoms with van der Waals surface area (Å²) < 4.78 is 0. The van der Waals surface area contributed by atoms with E-state index in [9.17, 15) is 4.79 Å². The zero-order chi connectivity index (χ0) is 22.1. The van der Waals surface area contributed by atoms with Gasteiger partial charge in [-0.3, -0.25) is 9.78 Å². The molecule has 0 saturated carbocycles. The molecule has 3 heterocycles. The first-order chi connectivity index (χ1) is 14.9. The normalized spacial score (nSPS) is 18.4. The summed E-state index contributed by atoms with van der Waals surface area (Å²) in [5.74, 6) is -0.202. The molecule has 1 aliphatic heterocycles. The fourth-order valence-corrected chi connectivity index (χ4v) is 5.24. The molecule has 0 radical (unpaired) electrons. The lowest BCUT2D eigenvalue weighted by atomic mass is 10.0. The Hall–Kier alpha value is -2.48. The Balaban J connectivity index is 1.74. The van der Waals surface area contributed by atoms with Gasteiger partial charge in [0.25, 0.3) is 0 Å². The summed E-state index contributed by atoms with van der Waals surface area (Å²) in [7, 11) is 0. The molecule has 1 aliphatic rings. The number of halogens is 1. The van der Waals surface area contributed by atoms with Crippen LogP contribution in [0.1, 0.15) is 42.1 Å². The molecule has 5 nitrogen and oxygen atoms in total. The number of pyridine rings is 1. The van der Waals surface area contributed by atoms with Crippen LogP contribution in [0.2, 0.25) is 5.02 Å². The third-order valence-corrected chi connectivity index (χ3v) is 7.00. The molecule has 0 spiro atoms. The van der Waals surface area contributed by atoms with Gasteiger partial charge in [0.1, 0.15) is 0 Å². The van der Waals surface area contributed by atoms with Gasteiger partial charge < -0.3 is 15.5 Å². The van der Waals surface area contributed by atoms with Crippen LogP contribution < -0.4 is 15.5 Å². The van der Waals surface area contributed by atoms with E-state index in [1.165, 1.54) is 10.4 Å². The van der Waals surface area contributed by atoms with Crippen LogP contribution >= 0.6 is 35.2 Å². The predicted octanol–water partition coefficient (Wildman–Crippen LogP) is 5.88. The van der Waals surface area contributed by atoms with Crippen LogP contribution in [-0.4, -0.2) is 16.0 Å². The number of amides is 1. The van der Waals surface area contributed by atoms with Crippen LogP contribution in [-0.2, 0) is 4.79 Å². The van der Waals surface area contributed by atoms with Gasteiger partial charge in [0, 0.05) is 22.7 Å². The van der Waals surface area contributed by atoms with Crippen molar-refractivity contribution in [1.82, 2.24) is 10.3 Å². The van der Waals surface area contributed by atoms with Gasteiger partial charge in [-0.2, -0.15) is 0 Å². The standard InChI is InChI=1S/C23H23ClN4OS2/c1-13(2)22(29)26-17-8-7-15(12-16(17)24)28-20(21-14(3)9-11-31-21)19(27-23(28)30)18-6-4-5-10-25-18/h4-13,19-20H,1-3H3,(H,26,29)(H,27,30)/t19-,20-/m0/s1. The van der Waals surface area contributed by atoms with Gasteiger partial charge in [-0.1, -0.05) is 31.5 Å². The maximum atomic E-state index is 12.1. The van der Waals surface area contributed by atoms with Crippen molar-refractivity contribution in [3.8, 4) is 0 Å². The molecule has 0 unspecified atom stereocenters. The number of nitrogens with one attached hydrogen (secondary N) is 2. The number of carbonyl (C=O) groups is 1. The minimum atomic E-state index is -0.128.